The Kier molecular flexibility index (Phi) is 3.47. The lowest BCUT2D eigenvalue weighted by molar-refractivity contribution is 0.214. The minimum atomic E-state index is -1.17. The molecule has 1 nitrogen and oxygen atoms in total. The van der Waals surface area contributed by atoms with Crippen molar-refractivity contribution in [2.24, 2.45) is 0 Å². The van der Waals surface area contributed by atoms with Crippen molar-refractivity contribution in [1.29, 1.82) is 0 Å². The Morgan fingerprint density at radius 3 is 2.53 bits per heavy atom. The Hall–Kier alpha value is -0.970. The molecule has 0 fully saturated rings. The highest BCUT2D eigenvalue weighted by Crippen LogP contribution is 2.31. The number of halogens is 3. The number of aliphatic hydroxyl groups excluding tert-OH is 1. The van der Waals surface area contributed by atoms with Crippen LogP contribution in [0.3, 0.4) is 0 Å². The van der Waals surface area contributed by atoms with E-state index < -0.39 is 17.7 Å². The van der Waals surface area contributed by atoms with Gasteiger partial charge in [0.05, 0.1) is 5.02 Å². The third-order valence-corrected chi connectivity index (χ3v) is 3.68. The van der Waals surface area contributed by atoms with Crippen LogP contribution >= 0.6 is 22.9 Å². The molecule has 90 valence electrons. The predicted octanol–water partition coefficient (Wildman–Crippen LogP) is 4.07. The average Bonchev–Trinajstić information content (AvgIpc) is 2.69. The maximum absolute atomic E-state index is 13.6. The Morgan fingerprint density at radius 1 is 1.24 bits per heavy atom. The smallest absolute Gasteiger partial charge is 0.142 e. The molecule has 0 saturated carbocycles. The summed E-state index contributed by atoms with van der Waals surface area (Å²) in [4.78, 5) is 0.868. The lowest BCUT2D eigenvalue weighted by atomic mass is 10.0. The Bertz CT molecular complexity index is 553. The van der Waals surface area contributed by atoms with E-state index in [9.17, 15) is 13.9 Å². The van der Waals surface area contributed by atoms with Crippen LogP contribution in [-0.2, 0) is 0 Å². The highest BCUT2D eigenvalue weighted by Gasteiger charge is 2.19. The third-order valence-electron chi connectivity index (χ3n) is 2.53. The Labute approximate surface area is 106 Å². The van der Waals surface area contributed by atoms with Gasteiger partial charge in [0.1, 0.15) is 17.7 Å². The molecule has 5 heteroatoms. The first-order valence-electron chi connectivity index (χ1n) is 4.87. The molecule has 0 bridgehead atoms. The number of benzene rings is 1. The average molecular weight is 275 g/mol. The van der Waals surface area contributed by atoms with Crippen molar-refractivity contribution in [3.05, 3.63) is 56.2 Å². The first-order chi connectivity index (χ1) is 8.00. The number of aliphatic hydroxyl groups is 1. The van der Waals surface area contributed by atoms with Gasteiger partial charge in [0.25, 0.3) is 0 Å². The van der Waals surface area contributed by atoms with E-state index in [1.165, 1.54) is 11.3 Å². The minimum Gasteiger partial charge on any atom is -0.384 e. The summed E-state index contributed by atoms with van der Waals surface area (Å²) < 4.78 is 26.9. The van der Waals surface area contributed by atoms with E-state index in [0.29, 0.717) is 5.56 Å². The lowest BCUT2D eigenvalue weighted by Crippen LogP contribution is -2.03. The molecule has 1 heterocycles. The van der Waals surface area contributed by atoms with Crippen LogP contribution in [0.2, 0.25) is 5.02 Å². The van der Waals surface area contributed by atoms with Gasteiger partial charge in [0.15, 0.2) is 0 Å². The van der Waals surface area contributed by atoms with E-state index in [-0.39, 0.29) is 10.6 Å². The zero-order valence-corrected chi connectivity index (χ0v) is 10.4. The van der Waals surface area contributed by atoms with E-state index in [0.717, 1.165) is 17.0 Å². The zero-order chi connectivity index (χ0) is 12.6. The van der Waals surface area contributed by atoms with E-state index in [1.54, 1.807) is 11.4 Å². The number of thiophene rings is 1. The predicted molar refractivity (Wildman–Crippen MR) is 64.5 cm³/mol. The van der Waals surface area contributed by atoms with Crippen LogP contribution in [0, 0.1) is 18.6 Å². The molecule has 1 atom stereocenters. The fraction of sp³-hybridized carbons (Fsp3) is 0.167. The SMILES string of the molecule is Cc1sccc1C(O)c1cc(F)c(Cl)cc1F. The van der Waals surface area contributed by atoms with Crippen LogP contribution in [0.15, 0.2) is 23.6 Å². The first-order valence-corrected chi connectivity index (χ1v) is 6.13. The molecule has 0 aliphatic rings. The fourth-order valence-electron chi connectivity index (χ4n) is 1.59. The summed E-state index contributed by atoms with van der Waals surface area (Å²) in [5.74, 6) is -1.45. The highest BCUT2D eigenvalue weighted by molar-refractivity contribution is 7.10. The Balaban J connectivity index is 2.48. The van der Waals surface area contributed by atoms with Gasteiger partial charge in [-0.2, -0.15) is 0 Å². The highest BCUT2D eigenvalue weighted by atomic mass is 35.5. The molecule has 0 aliphatic carbocycles. The van der Waals surface area contributed by atoms with Crippen LogP contribution in [0.25, 0.3) is 0 Å². The standard InChI is InChI=1S/C12H9ClF2OS/c1-6-7(2-3-17-6)12(16)8-4-11(15)9(13)5-10(8)14/h2-5,12,16H,1H3. The second kappa shape index (κ2) is 4.72. The lowest BCUT2D eigenvalue weighted by Gasteiger charge is -2.12. The van der Waals surface area contributed by atoms with E-state index in [2.05, 4.69) is 0 Å². The summed E-state index contributed by atoms with van der Waals surface area (Å²) in [5.41, 5.74) is 0.476. The first kappa shape index (κ1) is 12.5. The summed E-state index contributed by atoms with van der Waals surface area (Å²) in [6.45, 7) is 1.81. The van der Waals surface area contributed by atoms with Gasteiger partial charge in [-0.05, 0) is 36.1 Å². The number of aryl methyl sites for hydroxylation is 1. The van der Waals surface area contributed by atoms with Crippen molar-refractivity contribution >= 4 is 22.9 Å². The summed E-state index contributed by atoms with van der Waals surface area (Å²) >= 11 is 6.89. The van der Waals surface area contributed by atoms with Gasteiger partial charge in [-0.25, -0.2) is 8.78 Å². The minimum absolute atomic E-state index is 0.103. The molecule has 2 rings (SSSR count). The molecule has 0 spiro atoms. The monoisotopic (exact) mass is 274 g/mol. The topological polar surface area (TPSA) is 20.2 Å². The van der Waals surface area contributed by atoms with Crippen molar-refractivity contribution in [2.75, 3.05) is 0 Å². The largest absolute Gasteiger partial charge is 0.384 e. The van der Waals surface area contributed by atoms with Crippen molar-refractivity contribution < 1.29 is 13.9 Å². The molecule has 0 radical (unpaired) electrons. The van der Waals surface area contributed by atoms with Gasteiger partial charge >= 0.3 is 0 Å². The second-order valence-corrected chi connectivity index (χ2v) is 5.15. The summed E-state index contributed by atoms with van der Waals surface area (Å²) in [5, 5.41) is 11.5. The van der Waals surface area contributed by atoms with Crippen molar-refractivity contribution in [2.45, 2.75) is 13.0 Å². The quantitative estimate of drug-likeness (QED) is 0.819. The summed E-state index contributed by atoms with van der Waals surface area (Å²) in [6.07, 6.45) is -1.17. The molecular weight excluding hydrogens is 266 g/mol. The van der Waals surface area contributed by atoms with E-state index >= 15 is 0 Å². The molecule has 1 unspecified atom stereocenters. The number of hydrogen-bond acceptors (Lipinski definition) is 2. The van der Waals surface area contributed by atoms with E-state index in [4.69, 9.17) is 11.6 Å². The van der Waals surface area contributed by atoms with E-state index in [1.807, 2.05) is 6.92 Å². The summed E-state index contributed by atoms with van der Waals surface area (Å²) in [6, 6.07) is 3.49. The van der Waals surface area contributed by atoms with Crippen molar-refractivity contribution in [1.82, 2.24) is 0 Å². The molecule has 1 N–H and O–H groups in total. The van der Waals surface area contributed by atoms with Crippen LogP contribution in [0.1, 0.15) is 22.1 Å². The number of rotatable bonds is 2. The third kappa shape index (κ3) is 2.34. The van der Waals surface area contributed by atoms with Crippen LogP contribution < -0.4 is 0 Å². The van der Waals surface area contributed by atoms with Gasteiger partial charge in [0.2, 0.25) is 0 Å². The number of hydrogen-bond donors (Lipinski definition) is 1. The maximum Gasteiger partial charge on any atom is 0.142 e. The molecule has 1 aromatic carbocycles. The molecule has 1 aromatic heterocycles. The zero-order valence-electron chi connectivity index (χ0n) is 8.88. The molecule has 2 aromatic rings. The maximum atomic E-state index is 13.6. The molecule has 0 aliphatic heterocycles. The van der Waals surface area contributed by atoms with Gasteiger partial charge in [-0.1, -0.05) is 11.6 Å². The summed E-state index contributed by atoms with van der Waals surface area (Å²) in [7, 11) is 0. The molecule has 0 amide bonds. The Morgan fingerprint density at radius 2 is 1.94 bits per heavy atom. The molecular formula is C12H9ClF2OS. The molecule has 17 heavy (non-hydrogen) atoms. The van der Waals surface area contributed by atoms with Crippen molar-refractivity contribution in [3.63, 3.8) is 0 Å². The van der Waals surface area contributed by atoms with Crippen LogP contribution in [-0.4, -0.2) is 5.11 Å². The van der Waals surface area contributed by atoms with Crippen LogP contribution in [0.4, 0.5) is 8.78 Å². The van der Waals surface area contributed by atoms with Crippen LogP contribution in [0.5, 0.6) is 0 Å². The molecule has 0 saturated heterocycles. The van der Waals surface area contributed by atoms with Gasteiger partial charge < -0.3 is 5.11 Å². The van der Waals surface area contributed by atoms with Gasteiger partial charge in [-0.15, -0.1) is 11.3 Å². The normalized spacial score (nSPS) is 12.8. The fourth-order valence-corrected chi connectivity index (χ4v) is 2.48. The van der Waals surface area contributed by atoms with Gasteiger partial charge in [0, 0.05) is 10.4 Å². The van der Waals surface area contributed by atoms with Crippen molar-refractivity contribution in [3.8, 4) is 0 Å². The van der Waals surface area contributed by atoms with Gasteiger partial charge in [-0.3, -0.25) is 0 Å². The second-order valence-electron chi connectivity index (χ2n) is 3.62.